The van der Waals surface area contributed by atoms with E-state index in [9.17, 15) is 0 Å². The second-order valence-electron chi connectivity index (χ2n) is 0.750. The number of carboxylic acid groups (broad SMARTS) is 6. The molecule has 0 bridgehead atoms. The monoisotopic (exact) mass is 249 g/mol. The van der Waals surface area contributed by atoms with Gasteiger partial charge in [0.05, 0.1) is 0 Å². The first-order valence-electron chi connectivity index (χ1n) is 1.84. The Bertz CT molecular complexity index is 118. The van der Waals surface area contributed by atoms with Gasteiger partial charge in [0.2, 0.25) is 0 Å². The molecule has 1 radical (unpaired) electrons. The maximum atomic E-state index is 8.33. The van der Waals surface area contributed by atoms with Crippen molar-refractivity contribution in [2.75, 3.05) is 0 Å². The average molecular weight is 249 g/mol. The van der Waals surface area contributed by atoms with Crippen LogP contribution in [0.2, 0.25) is 0 Å². The Morgan fingerprint density at radius 3 is 0.571 bits per heavy atom. The second kappa shape index (κ2) is 22.5. The van der Waals surface area contributed by atoms with Gasteiger partial charge in [-0.2, -0.15) is 0 Å². The fourth-order valence-corrected chi connectivity index (χ4v) is 0. The van der Waals surface area contributed by atoms with Crippen molar-refractivity contribution in [1.29, 1.82) is 0 Å². The van der Waals surface area contributed by atoms with Crippen molar-refractivity contribution >= 4 is 18.5 Å². The first-order chi connectivity index (χ1) is 5.20. The van der Waals surface area contributed by atoms with Gasteiger partial charge < -0.3 is 51.2 Å². The first kappa shape index (κ1) is 29.4. The zero-order valence-corrected chi connectivity index (χ0v) is 8.02. The molecule has 11 heteroatoms. The van der Waals surface area contributed by atoms with E-state index in [0.29, 0.717) is 0 Å². The van der Waals surface area contributed by atoms with Crippen LogP contribution in [0.1, 0.15) is 0 Å². The molecule has 0 aliphatic heterocycles. The molecule has 0 rings (SSSR count). The normalized spacial score (nSPS) is 5.14. The van der Waals surface area contributed by atoms with Crippen molar-refractivity contribution in [1.82, 2.24) is 6.15 Å². The first-order valence-corrected chi connectivity index (χ1v) is 1.84. The van der Waals surface area contributed by atoms with E-state index in [1.807, 2.05) is 0 Å². The largest absolute Gasteiger partial charge is 0.652 e. The molecule has 0 aromatic heterocycles. The van der Waals surface area contributed by atoms with Gasteiger partial charge in [-0.25, -0.2) is 0 Å². The fourth-order valence-electron chi connectivity index (χ4n) is 0. The predicted molar refractivity (Wildman–Crippen MR) is 22.2 cm³/mol. The molecular weight excluding hydrogens is 245 g/mol. The summed E-state index contributed by atoms with van der Waals surface area (Å²) in [6.07, 6.45) is -7.00. The Kier molecular flexibility index (Phi) is 47.3. The third-order valence-corrected chi connectivity index (χ3v) is 0. The third kappa shape index (κ3) is 335. The molecule has 0 saturated heterocycles. The van der Waals surface area contributed by atoms with Crippen molar-refractivity contribution in [3.63, 3.8) is 0 Å². The summed E-state index contributed by atoms with van der Waals surface area (Å²) in [5, 5.41) is 50.0. The Labute approximate surface area is 88.9 Å². The summed E-state index contributed by atoms with van der Waals surface area (Å²) in [5.74, 6) is 0. The Morgan fingerprint density at radius 2 is 0.571 bits per heavy atom. The topological polar surface area (TPSA) is 226 Å². The molecule has 0 amide bonds. The van der Waals surface area contributed by atoms with Gasteiger partial charge in [-0.05, 0) is 18.5 Å². The zero-order valence-electron chi connectivity index (χ0n) is 6.62. The average Bonchev–Trinajstić information content (AvgIpc) is 1.54. The molecule has 0 aromatic rings. The minimum atomic E-state index is -2.33. The molecule has 0 saturated carbocycles. The molecule has 0 heterocycles. The molecule has 0 atom stereocenters. The van der Waals surface area contributed by atoms with Gasteiger partial charge in [0.1, 0.15) is 0 Å². The molecule has 10 nitrogen and oxygen atoms in total. The van der Waals surface area contributed by atoms with Crippen LogP contribution in [0.5, 0.6) is 0 Å². The van der Waals surface area contributed by atoms with E-state index in [1.54, 1.807) is 0 Å². The van der Waals surface area contributed by atoms with E-state index in [-0.39, 0.29) is 24.7 Å². The van der Waals surface area contributed by atoms with E-state index >= 15 is 0 Å². The van der Waals surface area contributed by atoms with Gasteiger partial charge in [-0.15, -0.1) is 0 Å². The maximum Gasteiger partial charge on any atom is 0 e. The zero-order chi connectivity index (χ0) is 10.7. The van der Waals surface area contributed by atoms with Crippen LogP contribution in [-0.4, -0.2) is 18.5 Å². The Balaban J connectivity index is -0.0000000270. The molecular formula is C3H4NO9V-5. The van der Waals surface area contributed by atoms with Gasteiger partial charge >= 0.3 is 0 Å². The number of quaternary nitrogens is 1. The van der Waals surface area contributed by atoms with Crippen LogP contribution >= 0.6 is 0 Å². The number of hydrogen-bond acceptors (Lipinski definition) is 9. The van der Waals surface area contributed by atoms with Crippen molar-refractivity contribution < 1.29 is 63.6 Å². The summed E-state index contributed by atoms with van der Waals surface area (Å²) < 4.78 is 0. The third-order valence-electron chi connectivity index (χ3n) is 0. The molecule has 0 aromatic carbocycles. The van der Waals surface area contributed by atoms with Crippen molar-refractivity contribution in [2.24, 2.45) is 0 Å². The van der Waals surface area contributed by atoms with E-state index in [1.165, 1.54) is 0 Å². The van der Waals surface area contributed by atoms with Crippen LogP contribution in [0.3, 0.4) is 0 Å². The summed E-state index contributed by atoms with van der Waals surface area (Å²) in [4.78, 5) is 25.0. The predicted octanol–water partition coefficient (Wildman–Crippen LogP) is -6.97. The van der Waals surface area contributed by atoms with Gasteiger partial charge in [0, 0.05) is 18.6 Å². The number of carbonyl (C=O) groups is 3. The van der Waals surface area contributed by atoms with Crippen molar-refractivity contribution in [2.45, 2.75) is 0 Å². The van der Waals surface area contributed by atoms with Crippen molar-refractivity contribution in [3.8, 4) is 0 Å². The molecule has 4 N–H and O–H groups in total. The molecule has 0 spiro atoms. The number of hydrogen-bond donors (Lipinski definition) is 1. The van der Waals surface area contributed by atoms with Crippen LogP contribution in [-0.2, 0) is 18.6 Å². The quantitative estimate of drug-likeness (QED) is 0.429. The van der Waals surface area contributed by atoms with Crippen molar-refractivity contribution in [3.05, 3.63) is 0 Å². The minimum absolute atomic E-state index is 0. The van der Waals surface area contributed by atoms with Crippen LogP contribution in [0.4, 0.5) is 14.4 Å². The Morgan fingerprint density at radius 1 is 0.571 bits per heavy atom. The standard InChI is InChI=1S/3CH2O3.H3N.V/c3*2-1(3)4;;/h3*(H2,2,3,4);1H3;/p-5. The molecule has 0 aliphatic carbocycles. The summed E-state index contributed by atoms with van der Waals surface area (Å²) in [6.45, 7) is 0. The maximum absolute atomic E-state index is 8.33. The Hall–Kier alpha value is -1.65. The molecule has 14 heavy (non-hydrogen) atoms. The summed E-state index contributed by atoms with van der Waals surface area (Å²) >= 11 is 0. The SMILES string of the molecule is O=C([O-])[O-].O=C([O-])[O-].O=C([O-])[O-].[NH4+].[V]. The summed E-state index contributed by atoms with van der Waals surface area (Å²) in [6, 6.07) is 0. The van der Waals surface area contributed by atoms with Crippen LogP contribution < -0.4 is 36.8 Å². The van der Waals surface area contributed by atoms with Gasteiger partial charge in [0.25, 0.3) is 0 Å². The molecule has 0 unspecified atom stereocenters. The van der Waals surface area contributed by atoms with Gasteiger partial charge in [-0.1, -0.05) is 0 Å². The van der Waals surface area contributed by atoms with E-state index in [2.05, 4.69) is 0 Å². The second-order valence-corrected chi connectivity index (χ2v) is 0.750. The summed E-state index contributed by atoms with van der Waals surface area (Å²) in [7, 11) is 0. The smallest absolute Gasteiger partial charge is 0 e. The van der Waals surface area contributed by atoms with Crippen LogP contribution in [0.25, 0.3) is 0 Å². The number of rotatable bonds is 0. The molecule has 85 valence electrons. The van der Waals surface area contributed by atoms with Crippen LogP contribution in [0, 0.1) is 0 Å². The summed E-state index contributed by atoms with van der Waals surface area (Å²) in [5.41, 5.74) is 0. The van der Waals surface area contributed by atoms with Gasteiger partial charge in [0.15, 0.2) is 0 Å². The van der Waals surface area contributed by atoms with E-state index < -0.39 is 18.5 Å². The van der Waals surface area contributed by atoms with Crippen LogP contribution in [0.15, 0.2) is 0 Å². The molecule has 0 aliphatic rings. The van der Waals surface area contributed by atoms with E-state index in [0.717, 1.165) is 0 Å². The molecule has 0 fully saturated rings. The van der Waals surface area contributed by atoms with Gasteiger partial charge in [-0.3, -0.25) is 0 Å². The minimum Gasteiger partial charge on any atom is -0.652 e. The fraction of sp³-hybridized carbons (Fsp3) is 0. The number of carbonyl (C=O) groups excluding carboxylic acids is 3. The van der Waals surface area contributed by atoms with E-state index in [4.69, 9.17) is 45.0 Å².